The van der Waals surface area contributed by atoms with Gasteiger partial charge in [0.15, 0.2) is 11.5 Å². The quantitative estimate of drug-likeness (QED) is 0.851. The van der Waals surface area contributed by atoms with Gasteiger partial charge >= 0.3 is 0 Å². The van der Waals surface area contributed by atoms with Crippen LogP contribution in [0.3, 0.4) is 0 Å². The van der Waals surface area contributed by atoms with E-state index in [1.165, 1.54) is 18.2 Å². The second-order valence-corrected chi connectivity index (χ2v) is 5.94. The number of nitrogens with zero attached hydrogens (tertiary/aromatic N) is 1. The van der Waals surface area contributed by atoms with Crippen LogP contribution in [0.15, 0.2) is 36.4 Å². The molecule has 2 aromatic rings. The first-order valence-corrected chi connectivity index (χ1v) is 7.76. The normalized spacial score (nSPS) is 14.7. The Labute approximate surface area is 147 Å². The van der Waals surface area contributed by atoms with E-state index < -0.39 is 24.3 Å². The molecule has 0 aromatic heterocycles. The fourth-order valence-corrected chi connectivity index (χ4v) is 2.90. The van der Waals surface area contributed by atoms with E-state index in [4.69, 9.17) is 21.1 Å². The zero-order valence-corrected chi connectivity index (χ0v) is 13.5. The minimum Gasteiger partial charge on any atom is -0.454 e. The van der Waals surface area contributed by atoms with Gasteiger partial charge in [-0.3, -0.25) is 19.3 Å². The van der Waals surface area contributed by atoms with Crippen molar-refractivity contribution in [2.75, 3.05) is 18.7 Å². The number of carbonyl (C=O) groups is 3. The van der Waals surface area contributed by atoms with E-state index >= 15 is 0 Å². The van der Waals surface area contributed by atoms with Crippen molar-refractivity contribution in [3.05, 3.63) is 52.5 Å². The van der Waals surface area contributed by atoms with Crippen LogP contribution in [0.25, 0.3) is 0 Å². The summed E-state index contributed by atoms with van der Waals surface area (Å²) in [4.78, 5) is 37.8. The number of fused-ring (bicyclic) bond motifs is 2. The van der Waals surface area contributed by atoms with Crippen LogP contribution in [-0.4, -0.2) is 36.0 Å². The van der Waals surface area contributed by atoms with Crippen LogP contribution in [0.1, 0.15) is 20.7 Å². The summed E-state index contributed by atoms with van der Waals surface area (Å²) in [6.45, 7) is -0.261. The maximum Gasteiger partial charge on any atom is 0.262 e. The number of hydrogen-bond donors (Lipinski definition) is 1. The molecule has 25 heavy (non-hydrogen) atoms. The molecule has 0 unspecified atom stereocenters. The molecule has 1 N–H and O–H groups in total. The number of rotatable bonds is 3. The van der Waals surface area contributed by atoms with Gasteiger partial charge in [0.1, 0.15) is 6.54 Å². The van der Waals surface area contributed by atoms with Gasteiger partial charge in [-0.25, -0.2) is 0 Å². The highest BCUT2D eigenvalue weighted by molar-refractivity contribution is 6.32. The number of hydrogen-bond acceptors (Lipinski definition) is 5. The average molecular weight is 359 g/mol. The molecule has 0 saturated carbocycles. The van der Waals surface area contributed by atoms with Crippen molar-refractivity contribution < 1.29 is 23.9 Å². The zero-order valence-electron chi connectivity index (χ0n) is 12.7. The SMILES string of the molecule is O=C(CN1C(=O)c2ccc(Cl)cc2C1=O)Nc1ccc2c(c1)OCO2. The van der Waals surface area contributed by atoms with Crippen LogP contribution in [0.2, 0.25) is 5.02 Å². The van der Waals surface area contributed by atoms with E-state index in [9.17, 15) is 14.4 Å². The average Bonchev–Trinajstić information content (AvgIpc) is 3.13. The molecular weight excluding hydrogens is 348 g/mol. The highest BCUT2D eigenvalue weighted by atomic mass is 35.5. The predicted octanol–water partition coefficient (Wildman–Crippen LogP) is 2.30. The molecule has 2 aliphatic rings. The molecule has 3 amide bonds. The third-order valence-electron chi connectivity index (χ3n) is 3.89. The topological polar surface area (TPSA) is 84.9 Å². The number of amides is 3. The smallest absolute Gasteiger partial charge is 0.262 e. The Morgan fingerprint density at radius 3 is 2.64 bits per heavy atom. The Hall–Kier alpha value is -3.06. The van der Waals surface area contributed by atoms with Crippen molar-refractivity contribution in [3.8, 4) is 11.5 Å². The molecule has 0 aliphatic carbocycles. The van der Waals surface area contributed by atoms with Gasteiger partial charge in [0.2, 0.25) is 12.7 Å². The number of nitrogens with one attached hydrogen (secondary N) is 1. The van der Waals surface area contributed by atoms with Crippen LogP contribution in [-0.2, 0) is 4.79 Å². The molecule has 126 valence electrons. The van der Waals surface area contributed by atoms with E-state index in [-0.39, 0.29) is 17.9 Å². The number of carbonyl (C=O) groups excluding carboxylic acids is 3. The van der Waals surface area contributed by atoms with Crippen LogP contribution in [0.5, 0.6) is 11.5 Å². The largest absolute Gasteiger partial charge is 0.454 e. The molecule has 8 heteroatoms. The van der Waals surface area contributed by atoms with Crippen molar-refractivity contribution in [1.82, 2.24) is 4.90 Å². The van der Waals surface area contributed by atoms with Crippen LogP contribution in [0, 0.1) is 0 Å². The van der Waals surface area contributed by atoms with Gasteiger partial charge in [-0.1, -0.05) is 11.6 Å². The highest BCUT2D eigenvalue weighted by Crippen LogP contribution is 2.34. The van der Waals surface area contributed by atoms with Crippen molar-refractivity contribution in [3.63, 3.8) is 0 Å². The number of ether oxygens (including phenoxy) is 2. The third kappa shape index (κ3) is 2.68. The Balaban J connectivity index is 1.48. The van der Waals surface area contributed by atoms with Crippen LogP contribution >= 0.6 is 11.6 Å². The van der Waals surface area contributed by atoms with Gasteiger partial charge in [0.05, 0.1) is 11.1 Å². The van der Waals surface area contributed by atoms with Gasteiger partial charge < -0.3 is 14.8 Å². The summed E-state index contributed by atoms with van der Waals surface area (Å²) in [6, 6.07) is 9.36. The summed E-state index contributed by atoms with van der Waals surface area (Å²) in [5.74, 6) is -0.441. The van der Waals surface area contributed by atoms with Gasteiger partial charge in [0.25, 0.3) is 11.8 Å². The number of halogens is 1. The lowest BCUT2D eigenvalue weighted by atomic mass is 10.1. The molecule has 0 spiro atoms. The summed E-state index contributed by atoms with van der Waals surface area (Å²) in [7, 11) is 0. The third-order valence-corrected chi connectivity index (χ3v) is 4.13. The lowest BCUT2D eigenvalue weighted by Gasteiger charge is -2.13. The van der Waals surface area contributed by atoms with Crippen LogP contribution in [0.4, 0.5) is 5.69 Å². The molecule has 7 nitrogen and oxygen atoms in total. The maximum absolute atomic E-state index is 12.3. The number of imide groups is 1. The van der Waals surface area contributed by atoms with E-state index in [1.807, 2.05) is 0 Å². The fourth-order valence-electron chi connectivity index (χ4n) is 2.72. The molecular formula is C17H11ClN2O5. The van der Waals surface area contributed by atoms with Gasteiger partial charge in [0, 0.05) is 16.8 Å². The number of anilines is 1. The second-order valence-electron chi connectivity index (χ2n) is 5.50. The monoisotopic (exact) mass is 358 g/mol. The van der Waals surface area contributed by atoms with Gasteiger partial charge in [-0.15, -0.1) is 0 Å². The first-order chi connectivity index (χ1) is 12.0. The zero-order chi connectivity index (χ0) is 17.6. The lowest BCUT2D eigenvalue weighted by Crippen LogP contribution is -2.37. The molecule has 4 rings (SSSR count). The standard InChI is InChI=1S/C17H11ClN2O5/c18-9-1-3-11-12(5-9)17(23)20(16(11)22)7-15(21)19-10-2-4-13-14(6-10)25-8-24-13/h1-6H,7-8H2,(H,19,21). The van der Waals surface area contributed by atoms with Crippen molar-refractivity contribution in [1.29, 1.82) is 0 Å². The molecule has 0 fully saturated rings. The molecule has 0 atom stereocenters. The Bertz CT molecular complexity index is 927. The summed E-state index contributed by atoms with van der Waals surface area (Å²) < 4.78 is 10.4. The van der Waals surface area contributed by atoms with Crippen molar-refractivity contribution >= 4 is 35.0 Å². The van der Waals surface area contributed by atoms with E-state index in [1.54, 1.807) is 18.2 Å². The highest BCUT2D eigenvalue weighted by Gasteiger charge is 2.36. The molecule has 0 radical (unpaired) electrons. The Morgan fingerprint density at radius 2 is 1.80 bits per heavy atom. The second kappa shape index (κ2) is 5.78. The molecule has 0 bridgehead atoms. The van der Waals surface area contributed by atoms with E-state index in [0.29, 0.717) is 22.2 Å². The maximum atomic E-state index is 12.3. The summed E-state index contributed by atoms with van der Waals surface area (Å²) in [5, 5.41) is 2.98. The first-order valence-electron chi connectivity index (χ1n) is 7.38. The summed E-state index contributed by atoms with van der Waals surface area (Å²) >= 11 is 5.86. The summed E-state index contributed by atoms with van der Waals surface area (Å²) in [5.41, 5.74) is 0.924. The van der Waals surface area contributed by atoms with Gasteiger partial charge in [-0.2, -0.15) is 0 Å². The minimum atomic E-state index is -0.539. The van der Waals surface area contributed by atoms with Crippen molar-refractivity contribution in [2.24, 2.45) is 0 Å². The van der Waals surface area contributed by atoms with E-state index in [2.05, 4.69) is 5.32 Å². The molecule has 2 aromatic carbocycles. The Kier molecular flexibility index (Phi) is 3.58. The van der Waals surface area contributed by atoms with Crippen LogP contribution < -0.4 is 14.8 Å². The fraction of sp³-hybridized carbons (Fsp3) is 0.118. The number of benzene rings is 2. The molecule has 0 saturated heterocycles. The first kappa shape index (κ1) is 15.5. The lowest BCUT2D eigenvalue weighted by molar-refractivity contribution is -0.116. The van der Waals surface area contributed by atoms with E-state index in [0.717, 1.165) is 4.90 Å². The molecule has 2 aliphatic heterocycles. The Morgan fingerprint density at radius 1 is 1.04 bits per heavy atom. The summed E-state index contributed by atoms with van der Waals surface area (Å²) in [6.07, 6.45) is 0. The van der Waals surface area contributed by atoms with Gasteiger partial charge in [-0.05, 0) is 30.3 Å². The molecule has 2 heterocycles. The minimum absolute atomic E-state index is 0.129. The van der Waals surface area contributed by atoms with Crippen molar-refractivity contribution in [2.45, 2.75) is 0 Å². The predicted molar refractivity (Wildman–Crippen MR) is 88.0 cm³/mol.